The zero-order valence-electron chi connectivity index (χ0n) is 14.5. The summed E-state index contributed by atoms with van der Waals surface area (Å²) in [6.45, 7) is 0. The summed E-state index contributed by atoms with van der Waals surface area (Å²) >= 11 is 0. The zero-order valence-corrected chi connectivity index (χ0v) is 14.5. The second kappa shape index (κ2) is 8.41. The lowest BCUT2D eigenvalue weighted by Crippen LogP contribution is -2.19. The van der Waals surface area contributed by atoms with Gasteiger partial charge in [0.05, 0.1) is 4.92 Å². The fraction of sp³-hybridized carbons (Fsp3) is 0. The van der Waals surface area contributed by atoms with Gasteiger partial charge in [0.1, 0.15) is 5.69 Å². The van der Waals surface area contributed by atoms with Gasteiger partial charge in [0.15, 0.2) is 0 Å². The Morgan fingerprint density at radius 2 is 1.50 bits per heavy atom. The first-order valence-electron chi connectivity index (χ1n) is 8.16. The molecule has 0 fully saturated rings. The van der Waals surface area contributed by atoms with Gasteiger partial charge in [-0.05, 0) is 42.5 Å². The summed E-state index contributed by atoms with van der Waals surface area (Å²) in [7, 11) is 0. The highest BCUT2D eigenvalue weighted by Gasteiger charge is 2.09. The largest absolute Gasteiger partial charge is 0.323 e. The molecule has 0 unspecified atom stereocenters. The summed E-state index contributed by atoms with van der Waals surface area (Å²) in [5, 5.41) is 18.6. The summed E-state index contributed by atoms with van der Waals surface area (Å²) in [5.41, 5.74) is 1.56. The fourth-order valence-corrected chi connectivity index (χ4v) is 2.33. The summed E-state index contributed by atoms with van der Waals surface area (Å²) in [6, 6.07) is 16.6. The van der Waals surface area contributed by atoms with Crippen molar-refractivity contribution in [2.45, 2.75) is 0 Å². The van der Waals surface area contributed by atoms with Crippen LogP contribution in [0.5, 0.6) is 0 Å². The number of amides is 3. The van der Waals surface area contributed by atoms with Crippen LogP contribution in [0.3, 0.4) is 0 Å². The Balaban J connectivity index is 1.61. The minimum atomic E-state index is -0.526. The maximum absolute atomic E-state index is 12.1. The van der Waals surface area contributed by atoms with Crippen LogP contribution >= 0.6 is 0 Å². The van der Waals surface area contributed by atoms with Gasteiger partial charge in [-0.15, -0.1) is 0 Å². The first-order chi connectivity index (χ1) is 13.5. The van der Waals surface area contributed by atoms with E-state index in [-0.39, 0.29) is 17.3 Å². The van der Waals surface area contributed by atoms with Crippen LogP contribution in [0.2, 0.25) is 0 Å². The number of carbonyl (C=O) groups is 2. The number of hydrogen-bond donors (Lipinski definition) is 3. The monoisotopic (exact) mass is 377 g/mol. The Morgan fingerprint density at radius 1 is 0.821 bits per heavy atom. The highest BCUT2D eigenvalue weighted by atomic mass is 16.6. The van der Waals surface area contributed by atoms with Gasteiger partial charge in [-0.2, -0.15) is 0 Å². The number of rotatable bonds is 5. The molecule has 0 saturated carbocycles. The maximum Gasteiger partial charge on any atom is 0.323 e. The standard InChI is InChI=1S/C19H15N5O4/c25-18(17-6-1-2-11-20-17)21-14-4-3-5-15(12-14)23-19(26)22-13-7-9-16(10-8-13)24(27)28/h1-12H,(H,21,25)(H2,22,23,26). The third kappa shape index (κ3) is 4.88. The van der Waals surface area contributed by atoms with E-state index in [9.17, 15) is 19.7 Å². The fourth-order valence-electron chi connectivity index (χ4n) is 2.33. The molecule has 2 aromatic carbocycles. The third-order valence-corrected chi connectivity index (χ3v) is 3.61. The van der Waals surface area contributed by atoms with Crippen LogP contribution < -0.4 is 16.0 Å². The van der Waals surface area contributed by atoms with E-state index in [0.29, 0.717) is 17.1 Å². The molecule has 0 spiro atoms. The van der Waals surface area contributed by atoms with E-state index in [0.717, 1.165) is 0 Å². The molecule has 0 bridgehead atoms. The highest BCUT2D eigenvalue weighted by molar-refractivity contribution is 6.04. The lowest BCUT2D eigenvalue weighted by molar-refractivity contribution is -0.384. The van der Waals surface area contributed by atoms with E-state index in [4.69, 9.17) is 0 Å². The van der Waals surface area contributed by atoms with E-state index < -0.39 is 11.0 Å². The number of nitro groups is 1. The molecule has 3 N–H and O–H groups in total. The zero-order chi connectivity index (χ0) is 19.9. The van der Waals surface area contributed by atoms with Gasteiger partial charge in [0.25, 0.3) is 11.6 Å². The lowest BCUT2D eigenvalue weighted by atomic mass is 10.2. The van der Waals surface area contributed by atoms with Gasteiger partial charge in [-0.25, -0.2) is 4.79 Å². The predicted octanol–water partition coefficient (Wildman–Crippen LogP) is 3.89. The Bertz CT molecular complexity index is 1010. The first-order valence-corrected chi connectivity index (χ1v) is 8.16. The van der Waals surface area contributed by atoms with Gasteiger partial charge < -0.3 is 16.0 Å². The summed E-state index contributed by atoms with van der Waals surface area (Å²) in [6.07, 6.45) is 1.52. The Labute approximate surface area is 159 Å². The lowest BCUT2D eigenvalue weighted by Gasteiger charge is -2.10. The molecule has 1 heterocycles. The number of anilines is 3. The number of nitro benzene ring substituents is 1. The van der Waals surface area contributed by atoms with Crippen molar-refractivity contribution in [3.63, 3.8) is 0 Å². The van der Waals surface area contributed by atoms with Crippen molar-refractivity contribution < 1.29 is 14.5 Å². The van der Waals surface area contributed by atoms with Crippen LogP contribution in [-0.2, 0) is 0 Å². The van der Waals surface area contributed by atoms with E-state index >= 15 is 0 Å². The van der Waals surface area contributed by atoms with Gasteiger partial charge in [-0.3, -0.25) is 19.9 Å². The van der Waals surface area contributed by atoms with Crippen LogP contribution in [0, 0.1) is 10.1 Å². The van der Waals surface area contributed by atoms with Crippen molar-refractivity contribution in [3.05, 3.63) is 88.7 Å². The smallest absolute Gasteiger partial charge is 0.321 e. The molecular formula is C19H15N5O4. The molecule has 0 radical (unpaired) electrons. The normalized spacial score (nSPS) is 10.0. The second-order valence-corrected chi connectivity index (χ2v) is 5.63. The molecule has 0 aliphatic carbocycles. The Morgan fingerprint density at radius 3 is 2.14 bits per heavy atom. The van der Waals surface area contributed by atoms with Gasteiger partial charge >= 0.3 is 6.03 Å². The number of carbonyl (C=O) groups excluding carboxylic acids is 2. The van der Waals surface area contributed by atoms with E-state index in [2.05, 4.69) is 20.9 Å². The van der Waals surface area contributed by atoms with E-state index in [1.54, 1.807) is 42.5 Å². The topological polar surface area (TPSA) is 126 Å². The molecule has 0 atom stereocenters. The molecule has 3 amide bonds. The minimum Gasteiger partial charge on any atom is -0.321 e. The van der Waals surface area contributed by atoms with Crippen LogP contribution in [0.4, 0.5) is 27.5 Å². The van der Waals surface area contributed by atoms with E-state index in [1.807, 2.05) is 0 Å². The van der Waals surface area contributed by atoms with Gasteiger partial charge in [-0.1, -0.05) is 12.1 Å². The van der Waals surface area contributed by atoms with Crippen molar-refractivity contribution in [3.8, 4) is 0 Å². The molecule has 3 aromatic rings. The number of aromatic nitrogens is 1. The summed E-state index contributed by atoms with van der Waals surface area (Å²) in [4.78, 5) is 38.3. The van der Waals surface area contributed by atoms with E-state index in [1.165, 1.54) is 30.5 Å². The average molecular weight is 377 g/mol. The second-order valence-electron chi connectivity index (χ2n) is 5.63. The van der Waals surface area contributed by atoms with Gasteiger partial charge in [0.2, 0.25) is 0 Å². The molecular weight excluding hydrogens is 362 g/mol. The van der Waals surface area contributed by atoms with Crippen molar-refractivity contribution in [1.82, 2.24) is 4.98 Å². The van der Waals surface area contributed by atoms with Crippen molar-refractivity contribution in [1.29, 1.82) is 0 Å². The average Bonchev–Trinajstić information content (AvgIpc) is 2.69. The number of nitrogens with zero attached hydrogens (tertiary/aromatic N) is 2. The number of nitrogens with one attached hydrogen (secondary N) is 3. The van der Waals surface area contributed by atoms with Crippen LogP contribution in [0.25, 0.3) is 0 Å². The number of benzene rings is 2. The molecule has 0 saturated heterocycles. The number of hydrogen-bond acceptors (Lipinski definition) is 5. The molecule has 140 valence electrons. The summed E-state index contributed by atoms with van der Waals surface area (Å²) in [5.74, 6) is -0.368. The number of pyridine rings is 1. The molecule has 0 aliphatic rings. The number of non-ortho nitro benzene ring substituents is 1. The molecule has 3 rings (SSSR count). The molecule has 0 aliphatic heterocycles. The van der Waals surface area contributed by atoms with Crippen molar-refractivity contribution in [2.24, 2.45) is 0 Å². The third-order valence-electron chi connectivity index (χ3n) is 3.61. The molecule has 28 heavy (non-hydrogen) atoms. The number of urea groups is 1. The molecule has 1 aromatic heterocycles. The van der Waals surface area contributed by atoms with Crippen LogP contribution in [0.15, 0.2) is 72.9 Å². The molecule has 9 heteroatoms. The van der Waals surface area contributed by atoms with Crippen LogP contribution in [-0.4, -0.2) is 21.8 Å². The SMILES string of the molecule is O=C(Nc1ccc([N+](=O)[O-])cc1)Nc1cccc(NC(=O)c2ccccn2)c1. The first kappa shape index (κ1) is 18.5. The summed E-state index contributed by atoms with van der Waals surface area (Å²) < 4.78 is 0. The Kier molecular flexibility index (Phi) is 5.56. The van der Waals surface area contributed by atoms with Gasteiger partial charge in [0, 0.05) is 35.4 Å². The van der Waals surface area contributed by atoms with Crippen LogP contribution in [0.1, 0.15) is 10.5 Å². The quantitative estimate of drug-likeness (QED) is 0.459. The Hall–Kier alpha value is -4.27. The minimum absolute atomic E-state index is 0.0673. The van der Waals surface area contributed by atoms with Crippen molar-refractivity contribution >= 4 is 34.7 Å². The predicted molar refractivity (Wildman–Crippen MR) is 104 cm³/mol. The van der Waals surface area contributed by atoms with Crippen molar-refractivity contribution in [2.75, 3.05) is 16.0 Å². The maximum atomic E-state index is 12.1. The highest BCUT2D eigenvalue weighted by Crippen LogP contribution is 2.18. The molecule has 9 nitrogen and oxygen atoms in total.